The molecule has 2 aliphatic heterocycles. The smallest absolute Gasteiger partial charge is 0.379 e. The normalized spacial score (nSPS) is 20.2. The number of rotatable bonds is 7. The number of aromatic nitrogens is 3. The summed E-state index contributed by atoms with van der Waals surface area (Å²) in [6, 6.07) is 5.15. The Balaban J connectivity index is 1.27. The second-order valence-corrected chi connectivity index (χ2v) is 9.17. The lowest BCUT2D eigenvalue weighted by Crippen LogP contribution is -2.54. The highest BCUT2D eigenvalue weighted by atomic mass is 19.4. The van der Waals surface area contributed by atoms with Crippen LogP contribution in [0.3, 0.4) is 0 Å². The van der Waals surface area contributed by atoms with Gasteiger partial charge in [0.05, 0.1) is 43.1 Å². The van der Waals surface area contributed by atoms with Crippen molar-refractivity contribution in [3.8, 4) is 6.07 Å². The quantitative estimate of drug-likeness (QED) is 0.553. The number of amides is 1. The Kier molecular flexibility index (Phi) is 7.97. The van der Waals surface area contributed by atoms with Gasteiger partial charge in [-0.1, -0.05) is 0 Å². The van der Waals surface area contributed by atoms with Crippen molar-refractivity contribution in [3.63, 3.8) is 0 Å². The number of nitrogens with zero attached hydrogens (tertiary/aromatic N) is 6. The summed E-state index contributed by atoms with van der Waals surface area (Å²) in [5.41, 5.74) is -2.29. The molecule has 0 spiro atoms. The van der Waals surface area contributed by atoms with Crippen molar-refractivity contribution in [1.82, 2.24) is 20.1 Å². The van der Waals surface area contributed by atoms with Crippen molar-refractivity contribution < 1.29 is 22.7 Å². The van der Waals surface area contributed by atoms with Crippen molar-refractivity contribution >= 4 is 17.4 Å². The summed E-state index contributed by atoms with van der Waals surface area (Å²) in [5, 5.41) is 14.3. The first-order chi connectivity index (χ1) is 17.7. The zero-order valence-corrected chi connectivity index (χ0v) is 20.4. The molecule has 4 heterocycles. The van der Waals surface area contributed by atoms with E-state index in [1.165, 1.54) is 11.1 Å². The first kappa shape index (κ1) is 26.4. The lowest BCUT2D eigenvalue weighted by molar-refractivity contribution is -0.138. The fraction of sp³-hybridized carbons (Fsp3) is 0.542. The zero-order valence-electron chi connectivity index (χ0n) is 20.4. The van der Waals surface area contributed by atoms with Crippen LogP contribution in [0.2, 0.25) is 0 Å². The molecule has 4 rings (SSSR count). The second-order valence-electron chi connectivity index (χ2n) is 9.17. The number of anilines is 2. The molecule has 2 unspecified atom stereocenters. The van der Waals surface area contributed by atoms with Gasteiger partial charge in [-0.3, -0.25) is 9.59 Å². The molecule has 2 atom stereocenters. The molecule has 2 saturated heterocycles. The molecule has 0 aliphatic carbocycles. The van der Waals surface area contributed by atoms with Gasteiger partial charge < -0.3 is 19.4 Å². The maximum atomic E-state index is 13.5. The van der Waals surface area contributed by atoms with Gasteiger partial charge in [-0.25, -0.2) is 10.1 Å². The molecule has 13 heteroatoms. The van der Waals surface area contributed by atoms with E-state index in [0.717, 1.165) is 12.0 Å². The predicted octanol–water partition coefficient (Wildman–Crippen LogP) is 2.17. The summed E-state index contributed by atoms with van der Waals surface area (Å²) < 4.78 is 46.1. The molecule has 0 aromatic carbocycles. The fourth-order valence-corrected chi connectivity index (χ4v) is 4.90. The number of hydrogen-bond donors (Lipinski definition) is 1. The van der Waals surface area contributed by atoms with Gasteiger partial charge in [-0.2, -0.15) is 23.5 Å². The second kappa shape index (κ2) is 11.2. The van der Waals surface area contributed by atoms with Gasteiger partial charge in [0, 0.05) is 38.4 Å². The van der Waals surface area contributed by atoms with Gasteiger partial charge >= 0.3 is 6.18 Å². The van der Waals surface area contributed by atoms with E-state index in [-0.39, 0.29) is 43.3 Å². The Morgan fingerprint density at radius 1 is 1.27 bits per heavy atom. The van der Waals surface area contributed by atoms with Crippen LogP contribution in [0.1, 0.15) is 37.3 Å². The summed E-state index contributed by atoms with van der Waals surface area (Å²) in [4.78, 5) is 34.3. The van der Waals surface area contributed by atoms with Crippen LogP contribution in [-0.2, 0) is 15.7 Å². The van der Waals surface area contributed by atoms with E-state index in [1.807, 2.05) is 18.1 Å². The Morgan fingerprint density at radius 3 is 2.76 bits per heavy atom. The number of H-pyrrole nitrogens is 1. The Labute approximate surface area is 211 Å². The third kappa shape index (κ3) is 6.02. The molecule has 0 radical (unpaired) electrons. The van der Waals surface area contributed by atoms with E-state index in [9.17, 15) is 22.8 Å². The molecular formula is C24H28F3N7O3. The van der Waals surface area contributed by atoms with Crippen LogP contribution >= 0.6 is 0 Å². The highest BCUT2D eigenvalue weighted by Gasteiger charge is 2.40. The molecule has 37 heavy (non-hydrogen) atoms. The molecule has 2 fully saturated rings. The highest BCUT2D eigenvalue weighted by molar-refractivity contribution is 5.77. The van der Waals surface area contributed by atoms with E-state index in [0.29, 0.717) is 44.6 Å². The van der Waals surface area contributed by atoms with Crippen molar-refractivity contribution in [2.75, 3.05) is 49.2 Å². The number of aromatic amines is 1. The number of carbonyl (C=O) groups is 1. The average Bonchev–Trinajstić information content (AvgIpc) is 3.34. The van der Waals surface area contributed by atoms with Gasteiger partial charge in [0.15, 0.2) is 0 Å². The monoisotopic (exact) mass is 519 g/mol. The van der Waals surface area contributed by atoms with Crippen LogP contribution in [0.5, 0.6) is 0 Å². The number of halogens is 3. The van der Waals surface area contributed by atoms with E-state index in [2.05, 4.69) is 15.0 Å². The summed E-state index contributed by atoms with van der Waals surface area (Å²) in [5.74, 6) is 0.702. The van der Waals surface area contributed by atoms with E-state index >= 15 is 0 Å². The van der Waals surface area contributed by atoms with Crippen LogP contribution < -0.4 is 15.4 Å². The number of piperazine rings is 1. The average molecular weight is 520 g/mol. The molecule has 2 aromatic rings. The number of alkyl halides is 3. The minimum absolute atomic E-state index is 0.0477. The van der Waals surface area contributed by atoms with Gasteiger partial charge in [-0.05, 0) is 31.9 Å². The minimum atomic E-state index is -4.80. The lowest BCUT2D eigenvalue weighted by Gasteiger charge is -2.40. The maximum absolute atomic E-state index is 13.5. The SMILES string of the molecule is CC1CN(c2ccc(C#N)cn2)CCN1C(=O)CCOCC1CCCN1c1cn[nH]c(=O)c1C(F)(F)F. The molecule has 1 amide bonds. The lowest BCUT2D eigenvalue weighted by atomic mass is 10.1. The largest absolute Gasteiger partial charge is 0.423 e. The molecule has 10 nitrogen and oxygen atoms in total. The van der Waals surface area contributed by atoms with Crippen molar-refractivity contribution in [1.29, 1.82) is 5.26 Å². The number of nitrogens with one attached hydrogen (secondary N) is 1. The first-order valence-electron chi connectivity index (χ1n) is 12.1. The molecule has 2 aliphatic rings. The van der Waals surface area contributed by atoms with Gasteiger partial charge in [0.1, 0.15) is 17.5 Å². The number of carbonyl (C=O) groups excluding carboxylic acids is 1. The molecule has 198 valence electrons. The van der Waals surface area contributed by atoms with Gasteiger partial charge in [-0.15, -0.1) is 0 Å². The van der Waals surface area contributed by atoms with E-state index in [4.69, 9.17) is 10.00 Å². The summed E-state index contributed by atoms with van der Waals surface area (Å²) >= 11 is 0. The first-order valence-corrected chi connectivity index (χ1v) is 12.1. The van der Waals surface area contributed by atoms with Crippen molar-refractivity contribution in [2.45, 2.75) is 44.4 Å². The molecular weight excluding hydrogens is 491 g/mol. The molecule has 0 bridgehead atoms. The van der Waals surface area contributed by atoms with Crippen LogP contribution in [0.25, 0.3) is 0 Å². The molecule has 1 N–H and O–H groups in total. The summed E-state index contributed by atoms with van der Waals surface area (Å²) in [6.45, 7) is 4.34. The minimum Gasteiger partial charge on any atom is -0.379 e. The van der Waals surface area contributed by atoms with Crippen LogP contribution in [-0.4, -0.2) is 77.5 Å². The fourth-order valence-electron chi connectivity index (χ4n) is 4.90. The van der Waals surface area contributed by atoms with Gasteiger partial charge in [0.25, 0.3) is 5.56 Å². The van der Waals surface area contributed by atoms with Crippen LogP contribution in [0.4, 0.5) is 24.7 Å². The van der Waals surface area contributed by atoms with Gasteiger partial charge in [0.2, 0.25) is 5.91 Å². The maximum Gasteiger partial charge on any atom is 0.423 e. The van der Waals surface area contributed by atoms with Crippen molar-refractivity contribution in [3.05, 3.63) is 46.0 Å². The number of nitriles is 1. The summed E-state index contributed by atoms with van der Waals surface area (Å²) in [7, 11) is 0. The van der Waals surface area contributed by atoms with E-state index < -0.39 is 17.3 Å². The number of ether oxygens (including phenoxy) is 1. The third-order valence-electron chi connectivity index (χ3n) is 6.73. The zero-order chi connectivity index (χ0) is 26.6. The topological polar surface area (TPSA) is 118 Å². The molecule has 2 aromatic heterocycles. The van der Waals surface area contributed by atoms with Crippen LogP contribution in [0, 0.1) is 11.3 Å². The summed E-state index contributed by atoms with van der Waals surface area (Å²) in [6.07, 6.45) is -0.819. The Bertz CT molecular complexity index is 1200. The predicted molar refractivity (Wildman–Crippen MR) is 128 cm³/mol. The highest BCUT2D eigenvalue weighted by Crippen LogP contribution is 2.36. The van der Waals surface area contributed by atoms with Crippen LogP contribution in [0.15, 0.2) is 29.3 Å². The Hall–Kier alpha value is -3.66. The number of hydrogen-bond acceptors (Lipinski definition) is 8. The van der Waals surface area contributed by atoms with Crippen molar-refractivity contribution in [2.24, 2.45) is 0 Å². The standard InChI is InChI=1S/C24H28F3N7O3/c1-16-14-32(20-5-4-17(11-28)12-29-20)8-9-33(16)21(35)6-10-37-15-18-3-2-7-34(18)19-13-30-31-23(36)22(19)24(25,26)27/h4-5,12-13,16,18H,2-3,6-10,14-15H2,1H3,(H,31,36). The number of pyridine rings is 1. The Morgan fingerprint density at radius 2 is 2.08 bits per heavy atom. The third-order valence-corrected chi connectivity index (χ3v) is 6.73. The van der Waals surface area contributed by atoms with E-state index in [1.54, 1.807) is 17.0 Å². The molecule has 0 saturated carbocycles.